The fraction of sp³-hybridized carbons (Fsp3) is 0.300. The van der Waals surface area contributed by atoms with Gasteiger partial charge in [0.05, 0.1) is 17.2 Å². The van der Waals surface area contributed by atoms with Crippen molar-refractivity contribution < 1.29 is 0 Å². The molecule has 0 atom stereocenters. The van der Waals surface area contributed by atoms with Gasteiger partial charge in [0, 0.05) is 4.88 Å². The minimum atomic E-state index is 0.256. The van der Waals surface area contributed by atoms with E-state index in [0.717, 1.165) is 10.7 Å². The molecule has 2 rings (SSSR count). The van der Waals surface area contributed by atoms with Crippen molar-refractivity contribution in [3.8, 4) is 6.07 Å². The molecule has 88 valence electrons. The predicted octanol–water partition coefficient (Wildman–Crippen LogP) is 3.35. The fourth-order valence-electron chi connectivity index (χ4n) is 1.39. The quantitative estimate of drug-likeness (QED) is 0.939. The Morgan fingerprint density at radius 1 is 1.47 bits per heavy atom. The standard InChI is InChI=1S/C10H9ClN4S2/c1-5-8(14-6(2)16-5)4-13-10-7(3-12)9(11)15-17-10/h13H,4H2,1-2H3. The van der Waals surface area contributed by atoms with Crippen LogP contribution in [0.4, 0.5) is 5.00 Å². The second-order valence-corrected chi connectivity index (χ2v) is 5.92. The van der Waals surface area contributed by atoms with Gasteiger partial charge in [-0.3, -0.25) is 0 Å². The Morgan fingerprint density at radius 2 is 2.24 bits per heavy atom. The van der Waals surface area contributed by atoms with Gasteiger partial charge in [-0.25, -0.2) is 4.98 Å². The van der Waals surface area contributed by atoms with Gasteiger partial charge in [0.2, 0.25) is 0 Å². The van der Waals surface area contributed by atoms with E-state index >= 15 is 0 Å². The van der Waals surface area contributed by atoms with Gasteiger partial charge < -0.3 is 5.32 Å². The van der Waals surface area contributed by atoms with Crippen LogP contribution in [0.3, 0.4) is 0 Å². The molecule has 0 aliphatic carbocycles. The number of thiazole rings is 1. The monoisotopic (exact) mass is 284 g/mol. The Morgan fingerprint density at radius 3 is 2.82 bits per heavy atom. The van der Waals surface area contributed by atoms with Crippen LogP contribution in [0, 0.1) is 25.2 Å². The topological polar surface area (TPSA) is 61.6 Å². The normalized spacial score (nSPS) is 10.2. The lowest BCUT2D eigenvalue weighted by Gasteiger charge is -2.01. The Balaban J connectivity index is 2.13. The zero-order valence-corrected chi connectivity index (χ0v) is 11.6. The summed E-state index contributed by atoms with van der Waals surface area (Å²) in [6, 6.07) is 2.04. The molecule has 0 bridgehead atoms. The first-order chi connectivity index (χ1) is 8.11. The number of aryl methyl sites for hydroxylation is 2. The van der Waals surface area contributed by atoms with Crippen molar-refractivity contribution in [1.82, 2.24) is 9.36 Å². The number of hydrogen-bond acceptors (Lipinski definition) is 6. The van der Waals surface area contributed by atoms with Crippen LogP contribution >= 0.6 is 34.5 Å². The van der Waals surface area contributed by atoms with E-state index in [0.29, 0.717) is 17.1 Å². The number of nitrogens with zero attached hydrogens (tertiary/aromatic N) is 3. The largest absolute Gasteiger partial charge is 0.369 e. The van der Waals surface area contributed by atoms with Gasteiger partial charge in [-0.15, -0.1) is 11.3 Å². The van der Waals surface area contributed by atoms with Crippen molar-refractivity contribution >= 4 is 39.5 Å². The summed E-state index contributed by atoms with van der Waals surface area (Å²) in [5, 5.41) is 14.1. The van der Waals surface area contributed by atoms with Crippen molar-refractivity contribution in [2.24, 2.45) is 0 Å². The summed E-state index contributed by atoms with van der Waals surface area (Å²) in [7, 11) is 0. The Bertz CT molecular complexity index is 582. The number of anilines is 1. The molecule has 2 aromatic rings. The summed E-state index contributed by atoms with van der Waals surface area (Å²) in [5.74, 6) is 0. The zero-order chi connectivity index (χ0) is 12.4. The molecule has 2 aromatic heterocycles. The van der Waals surface area contributed by atoms with Crippen molar-refractivity contribution in [2.75, 3.05) is 5.32 Å². The lowest BCUT2D eigenvalue weighted by atomic mass is 10.3. The molecule has 0 aliphatic heterocycles. The summed E-state index contributed by atoms with van der Waals surface area (Å²) >= 11 is 8.64. The molecular weight excluding hydrogens is 276 g/mol. The van der Waals surface area contributed by atoms with Gasteiger partial charge in [-0.2, -0.15) is 9.64 Å². The molecule has 0 unspecified atom stereocenters. The molecule has 2 heterocycles. The fourth-order valence-corrected chi connectivity index (χ4v) is 3.15. The van der Waals surface area contributed by atoms with E-state index in [1.807, 2.05) is 19.9 Å². The molecule has 4 nitrogen and oxygen atoms in total. The van der Waals surface area contributed by atoms with E-state index in [2.05, 4.69) is 14.7 Å². The van der Waals surface area contributed by atoms with Gasteiger partial charge >= 0.3 is 0 Å². The van der Waals surface area contributed by atoms with Gasteiger partial charge in [-0.1, -0.05) is 11.6 Å². The van der Waals surface area contributed by atoms with Gasteiger partial charge in [0.25, 0.3) is 0 Å². The molecule has 0 amide bonds. The highest BCUT2D eigenvalue weighted by Gasteiger charge is 2.12. The first-order valence-electron chi connectivity index (χ1n) is 4.84. The minimum absolute atomic E-state index is 0.256. The summed E-state index contributed by atoms with van der Waals surface area (Å²) in [4.78, 5) is 5.60. The molecule has 0 saturated heterocycles. The Hall–Kier alpha value is -1.16. The van der Waals surface area contributed by atoms with Crippen LogP contribution in [0.5, 0.6) is 0 Å². The van der Waals surface area contributed by atoms with Crippen LogP contribution in [-0.2, 0) is 6.54 Å². The third-order valence-corrected chi connectivity index (χ3v) is 4.29. The Kier molecular flexibility index (Phi) is 3.62. The van der Waals surface area contributed by atoms with Gasteiger partial charge in [-0.05, 0) is 25.4 Å². The van der Waals surface area contributed by atoms with E-state index < -0.39 is 0 Å². The average molecular weight is 285 g/mol. The second kappa shape index (κ2) is 5.00. The first kappa shape index (κ1) is 12.3. The minimum Gasteiger partial charge on any atom is -0.369 e. The molecule has 0 aliphatic rings. The van der Waals surface area contributed by atoms with E-state index in [1.165, 1.54) is 16.4 Å². The van der Waals surface area contributed by atoms with Gasteiger partial charge in [0.1, 0.15) is 16.6 Å². The molecule has 17 heavy (non-hydrogen) atoms. The van der Waals surface area contributed by atoms with Crippen LogP contribution in [0.2, 0.25) is 5.15 Å². The predicted molar refractivity (Wildman–Crippen MR) is 70.8 cm³/mol. The summed E-state index contributed by atoms with van der Waals surface area (Å²) in [6.45, 7) is 4.60. The number of rotatable bonds is 3. The first-order valence-corrected chi connectivity index (χ1v) is 6.80. The van der Waals surface area contributed by atoms with Crippen molar-refractivity contribution in [1.29, 1.82) is 5.26 Å². The van der Waals surface area contributed by atoms with Crippen LogP contribution in [0.25, 0.3) is 0 Å². The number of hydrogen-bond donors (Lipinski definition) is 1. The summed E-state index contributed by atoms with van der Waals surface area (Å²) in [6.07, 6.45) is 0. The average Bonchev–Trinajstić information content (AvgIpc) is 2.79. The molecule has 0 fully saturated rings. The highest BCUT2D eigenvalue weighted by molar-refractivity contribution is 7.11. The van der Waals surface area contributed by atoms with Crippen LogP contribution in [-0.4, -0.2) is 9.36 Å². The smallest absolute Gasteiger partial charge is 0.162 e. The maximum absolute atomic E-state index is 8.92. The molecule has 7 heteroatoms. The van der Waals surface area contributed by atoms with E-state index in [9.17, 15) is 0 Å². The third kappa shape index (κ3) is 2.57. The van der Waals surface area contributed by atoms with Crippen LogP contribution < -0.4 is 5.32 Å². The van der Waals surface area contributed by atoms with E-state index in [4.69, 9.17) is 16.9 Å². The molecule has 0 saturated carbocycles. The van der Waals surface area contributed by atoms with Crippen LogP contribution in [0.15, 0.2) is 0 Å². The molecule has 0 radical (unpaired) electrons. The number of nitriles is 1. The van der Waals surface area contributed by atoms with Crippen molar-refractivity contribution in [3.63, 3.8) is 0 Å². The molecule has 0 aromatic carbocycles. The van der Waals surface area contributed by atoms with Crippen molar-refractivity contribution in [3.05, 3.63) is 26.3 Å². The highest BCUT2D eigenvalue weighted by atomic mass is 35.5. The number of nitrogens with one attached hydrogen (secondary N) is 1. The summed E-state index contributed by atoms with van der Waals surface area (Å²) in [5.41, 5.74) is 1.40. The van der Waals surface area contributed by atoms with Gasteiger partial charge in [0.15, 0.2) is 5.15 Å². The Labute approximate surface area is 112 Å². The SMILES string of the molecule is Cc1nc(CNc2snc(Cl)c2C#N)c(C)s1. The molecule has 1 N–H and O–H groups in total. The number of halogens is 1. The van der Waals surface area contributed by atoms with Crippen molar-refractivity contribution in [2.45, 2.75) is 20.4 Å². The third-order valence-electron chi connectivity index (χ3n) is 2.18. The molecule has 0 spiro atoms. The maximum Gasteiger partial charge on any atom is 0.162 e. The lowest BCUT2D eigenvalue weighted by molar-refractivity contribution is 1.04. The maximum atomic E-state index is 8.92. The van der Waals surface area contributed by atoms with Crippen LogP contribution in [0.1, 0.15) is 21.1 Å². The molecular formula is C10H9ClN4S2. The number of aromatic nitrogens is 2. The second-order valence-electron chi connectivity index (χ2n) is 3.38. The van der Waals surface area contributed by atoms with E-state index in [1.54, 1.807) is 11.3 Å². The highest BCUT2D eigenvalue weighted by Crippen LogP contribution is 2.28. The van der Waals surface area contributed by atoms with E-state index in [-0.39, 0.29) is 5.15 Å². The zero-order valence-electron chi connectivity index (χ0n) is 9.24. The summed E-state index contributed by atoms with van der Waals surface area (Å²) < 4.78 is 3.93. The lowest BCUT2D eigenvalue weighted by Crippen LogP contribution is -2.00.